The highest BCUT2D eigenvalue weighted by atomic mass is 19.4. The van der Waals surface area contributed by atoms with Gasteiger partial charge < -0.3 is 25.6 Å². The maximum atomic E-state index is 13.9. The molecule has 10 heteroatoms. The molecule has 2 aromatic rings. The van der Waals surface area contributed by atoms with Gasteiger partial charge in [0.05, 0.1) is 12.6 Å². The molecule has 1 aliphatic heterocycles. The van der Waals surface area contributed by atoms with E-state index in [0.29, 0.717) is 0 Å². The van der Waals surface area contributed by atoms with Gasteiger partial charge in [0.25, 0.3) is 0 Å². The second-order valence-electron chi connectivity index (χ2n) is 6.71. The molecule has 0 unspecified atom stereocenters. The molecule has 0 spiro atoms. The lowest BCUT2D eigenvalue weighted by molar-refractivity contribution is -0.287. The summed E-state index contributed by atoms with van der Waals surface area (Å²) in [7, 11) is 0. The van der Waals surface area contributed by atoms with Gasteiger partial charge in [-0.3, -0.25) is 4.79 Å². The number of ketones is 1. The number of ether oxygens (including phenoxy) is 1. The van der Waals surface area contributed by atoms with Crippen molar-refractivity contribution in [1.29, 1.82) is 0 Å². The third-order valence-corrected chi connectivity index (χ3v) is 4.79. The molecule has 0 radical (unpaired) electrons. The summed E-state index contributed by atoms with van der Waals surface area (Å²) < 4.78 is 46.9. The Balaban J connectivity index is 2.17. The molecule has 0 bridgehead atoms. The number of phenols is 1. The van der Waals surface area contributed by atoms with Crippen molar-refractivity contribution in [2.75, 3.05) is 6.61 Å². The number of alkyl halides is 3. The maximum absolute atomic E-state index is 13.9. The van der Waals surface area contributed by atoms with E-state index in [1.54, 1.807) is 13.0 Å². The molecule has 7 nitrogen and oxygen atoms in total. The number of hydrogen-bond acceptors (Lipinski definition) is 5. The number of benzene rings is 2. The van der Waals surface area contributed by atoms with Gasteiger partial charge >= 0.3 is 12.2 Å². The molecule has 160 valence electrons. The van der Waals surface area contributed by atoms with Crippen LogP contribution in [0.2, 0.25) is 0 Å². The molecule has 1 heterocycles. The molecule has 0 aliphatic carbocycles. The summed E-state index contributed by atoms with van der Waals surface area (Å²) in [5.74, 6) is -3.49. The van der Waals surface area contributed by atoms with Crippen molar-refractivity contribution in [1.82, 2.24) is 10.6 Å². The summed E-state index contributed by atoms with van der Waals surface area (Å²) >= 11 is 0. The Morgan fingerprint density at radius 1 is 1.20 bits per heavy atom. The van der Waals surface area contributed by atoms with E-state index >= 15 is 0 Å². The van der Waals surface area contributed by atoms with Gasteiger partial charge in [0.15, 0.2) is 17.3 Å². The van der Waals surface area contributed by atoms with Crippen LogP contribution in [-0.4, -0.2) is 40.5 Å². The van der Waals surface area contributed by atoms with E-state index in [9.17, 15) is 33.0 Å². The van der Waals surface area contributed by atoms with Gasteiger partial charge in [-0.15, -0.1) is 0 Å². The van der Waals surface area contributed by atoms with Crippen molar-refractivity contribution in [3.63, 3.8) is 0 Å². The first-order valence-electron chi connectivity index (χ1n) is 9.01. The van der Waals surface area contributed by atoms with Crippen LogP contribution in [0.1, 0.15) is 28.9 Å². The molecule has 30 heavy (non-hydrogen) atoms. The lowest BCUT2D eigenvalue weighted by Crippen LogP contribution is -2.72. The van der Waals surface area contributed by atoms with Gasteiger partial charge in [0, 0.05) is 5.56 Å². The summed E-state index contributed by atoms with van der Waals surface area (Å²) in [6.45, 7) is 1.80. The number of carbonyl (C=O) groups excluding carboxylic acids is 2. The van der Waals surface area contributed by atoms with Crippen molar-refractivity contribution in [2.45, 2.75) is 24.9 Å². The first kappa shape index (κ1) is 21.4. The van der Waals surface area contributed by atoms with Crippen LogP contribution in [0.3, 0.4) is 0 Å². The van der Waals surface area contributed by atoms with Crippen LogP contribution in [-0.2, 0) is 0 Å². The number of urea groups is 1. The minimum Gasteiger partial charge on any atom is -0.504 e. The van der Waals surface area contributed by atoms with Gasteiger partial charge in [-0.25, -0.2) is 4.79 Å². The average Bonchev–Trinajstić information content (AvgIpc) is 2.68. The number of halogens is 3. The van der Waals surface area contributed by atoms with E-state index in [0.717, 1.165) is 0 Å². The number of nitrogens with one attached hydrogen (secondary N) is 2. The molecule has 1 fully saturated rings. The Morgan fingerprint density at radius 3 is 2.47 bits per heavy atom. The van der Waals surface area contributed by atoms with Crippen molar-refractivity contribution in [3.8, 4) is 11.5 Å². The Morgan fingerprint density at radius 2 is 1.87 bits per heavy atom. The molecule has 1 saturated heterocycles. The number of aromatic hydroxyl groups is 1. The van der Waals surface area contributed by atoms with Crippen LogP contribution in [0.15, 0.2) is 48.5 Å². The Kier molecular flexibility index (Phi) is 5.62. The number of Topliss-reactive ketones (excluding diaryl/α,β-unsaturated/α-hetero) is 1. The minimum atomic E-state index is -5.35. The smallest absolute Gasteiger partial charge is 0.437 e. The van der Waals surface area contributed by atoms with Crippen LogP contribution in [0, 0.1) is 5.92 Å². The molecule has 4 N–H and O–H groups in total. The molecular weight excluding hydrogens is 405 g/mol. The number of carbonyl (C=O) groups is 2. The van der Waals surface area contributed by atoms with Crippen molar-refractivity contribution in [2.24, 2.45) is 5.92 Å². The number of phenolic OH excluding ortho intramolecular Hbond substituents is 1. The standard InChI is InChI=1S/C20H19F3N2O5/c1-2-30-14-10-12(8-9-13(14)26)16-15(17(27)11-6-4-3-5-7-11)19(29,20(21,22)23)25-18(28)24-16/h3-10,15-16,26,29H,2H2,1H3,(H2,24,25,28)/t15-,16-,19+/m1/s1. The third-order valence-electron chi connectivity index (χ3n) is 4.79. The highest BCUT2D eigenvalue weighted by Crippen LogP contribution is 2.45. The summed E-state index contributed by atoms with van der Waals surface area (Å²) in [5.41, 5.74) is -3.85. The Labute approximate surface area is 169 Å². The van der Waals surface area contributed by atoms with Crippen LogP contribution in [0.25, 0.3) is 0 Å². The van der Waals surface area contributed by atoms with Crippen LogP contribution in [0.5, 0.6) is 11.5 Å². The van der Waals surface area contributed by atoms with Gasteiger partial charge in [-0.05, 0) is 24.6 Å². The van der Waals surface area contributed by atoms with Gasteiger partial charge in [-0.2, -0.15) is 13.2 Å². The summed E-state index contributed by atoms with van der Waals surface area (Å²) in [6, 6.07) is 7.93. The quantitative estimate of drug-likeness (QED) is 0.552. The predicted octanol–water partition coefficient (Wildman–Crippen LogP) is 2.89. The molecule has 0 saturated carbocycles. The second kappa shape index (κ2) is 7.86. The fourth-order valence-corrected chi connectivity index (χ4v) is 3.39. The van der Waals surface area contributed by atoms with Crippen LogP contribution >= 0.6 is 0 Å². The van der Waals surface area contributed by atoms with E-state index in [2.05, 4.69) is 5.32 Å². The normalized spacial score (nSPS) is 24.0. The number of hydrogen-bond donors (Lipinski definition) is 4. The van der Waals surface area contributed by atoms with Crippen LogP contribution in [0.4, 0.5) is 18.0 Å². The molecular formula is C20H19F3N2O5. The molecule has 2 amide bonds. The topological polar surface area (TPSA) is 108 Å². The van der Waals surface area contributed by atoms with E-state index in [1.807, 2.05) is 0 Å². The maximum Gasteiger partial charge on any atom is 0.437 e. The van der Waals surface area contributed by atoms with E-state index in [1.165, 1.54) is 47.8 Å². The average molecular weight is 424 g/mol. The highest BCUT2D eigenvalue weighted by molar-refractivity contribution is 6.00. The van der Waals surface area contributed by atoms with Crippen molar-refractivity contribution >= 4 is 11.8 Å². The zero-order valence-corrected chi connectivity index (χ0v) is 15.7. The lowest BCUT2D eigenvalue weighted by atomic mass is 9.77. The van der Waals surface area contributed by atoms with E-state index < -0.39 is 35.7 Å². The fourth-order valence-electron chi connectivity index (χ4n) is 3.39. The molecule has 2 aromatic carbocycles. The van der Waals surface area contributed by atoms with Crippen LogP contribution < -0.4 is 15.4 Å². The number of aliphatic hydroxyl groups is 1. The summed E-state index contributed by atoms with van der Waals surface area (Å²) in [6.07, 6.45) is -5.35. The fraction of sp³-hybridized carbons (Fsp3) is 0.300. The van der Waals surface area contributed by atoms with Gasteiger partial charge in [-0.1, -0.05) is 36.4 Å². The summed E-state index contributed by atoms with van der Waals surface area (Å²) in [4.78, 5) is 25.1. The molecule has 3 atom stereocenters. The Bertz CT molecular complexity index is 951. The second-order valence-corrected chi connectivity index (χ2v) is 6.71. The SMILES string of the molecule is CCOc1cc([C@H]2NC(=O)N[C@@](O)(C(F)(F)F)[C@H]2C(=O)c2ccccc2)ccc1O. The zero-order chi connectivity index (χ0) is 22.1. The van der Waals surface area contributed by atoms with Crippen molar-refractivity contribution < 1.29 is 37.7 Å². The first-order chi connectivity index (χ1) is 14.1. The molecule has 0 aromatic heterocycles. The summed E-state index contributed by atoms with van der Waals surface area (Å²) in [5, 5.41) is 24.2. The minimum absolute atomic E-state index is 0.0377. The van der Waals surface area contributed by atoms with Gasteiger partial charge in [0.2, 0.25) is 5.72 Å². The van der Waals surface area contributed by atoms with Gasteiger partial charge in [0.1, 0.15) is 5.92 Å². The Hall–Kier alpha value is -3.27. The number of rotatable bonds is 5. The largest absolute Gasteiger partial charge is 0.504 e. The van der Waals surface area contributed by atoms with E-state index in [4.69, 9.17) is 4.74 Å². The molecule has 3 rings (SSSR count). The zero-order valence-electron chi connectivity index (χ0n) is 15.7. The highest BCUT2D eigenvalue weighted by Gasteiger charge is 2.66. The third kappa shape index (κ3) is 3.78. The monoisotopic (exact) mass is 424 g/mol. The lowest BCUT2D eigenvalue weighted by Gasteiger charge is -2.45. The predicted molar refractivity (Wildman–Crippen MR) is 99.0 cm³/mol. The van der Waals surface area contributed by atoms with E-state index in [-0.39, 0.29) is 29.2 Å². The molecule has 1 aliphatic rings. The number of amides is 2. The first-order valence-corrected chi connectivity index (χ1v) is 9.01. The van der Waals surface area contributed by atoms with Crippen molar-refractivity contribution in [3.05, 3.63) is 59.7 Å².